The average Bonchev–Trinajstić information content (AvgIpc) is 2.60. The van der Waals surface area contributed by atoms with E-state index >= 15 is 0 Å². The minimum atomic E-state index is -1.06. The summed E-state index contributed by atoms with van der Waals surface area (Å²) in [6.45, 7) is 5.28. The van der Waals surface area contributed by atoms with E-state index in [1.165, 1.54) is 6.92 Å². The quantitative estimate of drug-likeness (QED) is 0.811. The predicted octanol–water partition coefficient (Wildman–Crippen LogP) is 0.746. The van der Waals surface area contributed by atoms with Crippen LogP contribution < -0.4 is 5.32 Å². The Kier molecular flexibility index (Phi) is 3.88. The molecule has 0 radical (unpaired) electrons. The Morgan fingerprint density at radius 1 is 1.41 bits per heavy atom. The van der Waals surface area contributed by atoms with Gasteiger partial charge in [0.15, 0.2) is 0 Å². The van der Waals surface area contributed by atoms with Crippen LogP contribution in [0.5, 0.6) is 0 Å². The summed E-state index contributed by atoms with van der Waals surface area (Å²) < 4.78 is 1.55. The minimum Gasteiger partial charge on any atom is -0.480 e. The third-order valence-corrected chi connectivity index (χ3v) is 2.37. The number of nitrogens with one attached hydrogen (secondary N) is 1. The second kappa shape index (κ2) is 4.99. The molecule has 0 aromatic carbocycles. The van der Waals surface area contributed by atoms with E-state index in [1.54, 1.807) is 17.9 Å². The Hall–Kier alpha value is -1.85. The van der Waals surface area contributed by atoms with Gasteiger partial charge in [0, 0.05) is 13.2 Å². The van der Waals surface area contributed by atoms with Crippen molar-refractivity contribution in [3.63, 3.8) is 0 Å². The molecule has 1 atom stereocenters. The van der Waals surface area contributed by atoms with Gasteiger partial charge in [-0.15, -0.1) is 0 Å². The average molecular weight is 239 g/mol. The van der Waals surface area contributed by atoms with Crippen molar-refractivity contribution in [3.05, 3.63) is 17.5 Å². The van der Waals surface area contributed by atoms with Crippen molar-refractivity contribution in [1.82, 2.24) is 15.1 Å². The molecule has 0 aliphatic rings. The second-order valence-corrected chi connectivity index (χ2v) is 4.29. The van der Waals surface area contributed by atoms with Crippen molar-refractivity contribution in [2.75, 3.05) is 0 Å². The third kappa shape index (κ3) is 3.05. The van der Waals surface area contributed by atoms with Gasteiger partial charge in [-0.2, -0.15) is 5.10 Å². The maximum Gasteiger partial charge on any atom is 0.325 e. The molecule has 0 aliphatic carbocycles. The smallest absolute Gasteiger partial charge is 0.325 e. The maximum absolute atomic E-state index is 11.9. The molecular formula is C11H17N3O3. The fraction of sp³-hybridized carbons (Fsp3) is 0.545. The van der Waals surface area contributed by atoms with Crippen molar-refractivity contribution in [2.45, 2.75) is 32.7 Å². The molecule has 94 valence electrons. The Bertz CT molecular complexity index is 437. The summed E-state index contributed by atoms with van der Waals surface area (Å²) in [7, 11) is 1.73. The van der Waals surface area contributed by atoms with Gasteiger partial charge < -0.3 is 10.4 Å². The lowest BCUT2D eigenvalue weighted by atomic mass is 10.1. The molecule has 0 aliphatic heterocycles. The molecule has 0 fully saturated rings. The normalized spacial score (nSPS) is 12.5. The van der Waals surface area contributed by atoms with E-state index in [0.717, 1.165) is 0 Å². The monoisotopic (exact) mass is 239 g/mol. The number of hydrogen-bond donors (Lipinski definition) is 2. The van der Waals surface area contributed by atoms with Gasteiger partial charge in [0.2, 0.25) is 0 Å². The lowest BCUT2D eigenvalue weighted by Gasteiger charge is -2.09. The van der Waals surface area contributed by atoms with Crippen LogP contribution in [0.15, 0.2) is 6.20 Å². The van der Waals surface area contributed by atoms with Crippen molar-refractivity contribution in [3.8, 4) is 0 Å². The Balaban J connectivity index is 2.92. The molecule has 1 aromatic rings. The fourth-order valence-electron chi connectivity index (χ4n) is 1.44. The number of aromatic nitrogens is 2. The third-order valence-electron chi connectivity index (χ3n) is 2.37. The predicted molar refractivity (Wildman–Crippen MR) is 61.9 cm³/mol. The van der Waals surface area contributed by atoms with E-state index in [9.17, 15) is 9.59 Å². The molecule has 0 saturated heterocycles. The van der Waals surface area contributed by atoms with Crippen molar-refractivity contribution < 1.29 is 14.7 Å². The van der Waals surface area contributed by atoms with Gasteiger partial charge in [-0.05, 0) is 12.8 Å². The molecule has 0 spiro atoms. The van der Waals surface area contributed by atoms with Gasteiger partial charge in [0.1, 0.15) is 6.04 Å². The van der Waals surface area contributed by atoms with Gasteiger partial charge in [-0.1, -0.05) is 13.8 Å². The number of aryl methyl sites for hydroxylation is 1. The van der Waals surface area contributed by atoms with Crippen molar-refractivity contribution in [1.29, 1.82) is 0 Å². The highest BCUT2D eigenvalue weighted by molar-refractivity contribution is 5.97. The minimum absolute atomic E-state index is 0.108. The molecule has 1 aromatic heterocycles. The highest BCUT2D eigenvalue weighted by Gasteiger charge is 2.21. The molecule has 17 heavy (non-hydrogen) atoms. The van der Waals surface area contributed by atoms with Crippen LogP contribution >= 0.6 is 0 Å². The summed E-state index contributed by atoms with van der Waals surface area (Å²) in [6.07, 6.45) is 1.60. The van der Waals surface area contributed by atoms with Gasteiger partial charge in [0.25, 0.3) is 5.91 Å². The van der Waals surface area contributed by atoms with Crippen LogP contribution in [0.25, 0.3) is 0 Å². The highest BCUT2D eigenvalue weighted by Crippen LogP contribution is 2.17. The van der Waals surface area contributed by atoms with Crippen molar-refractivity contribution >= 4 is 11.9 Å². The molecule has 6 nitrogen and oxygen atoms in total. The number of amides is 1. The van der Waals surface area contributed by atoms with Crippen LogP contribution in [0.4, 0.5) is 0 Å². The molecule has 0 saturated carbocycles. The summed E-state index contributed by atoms with van der Waals surface area (Å²) in [5, 5.41) is 15.3. The molecule has 1 rings (SSSR count). The Morgan fingerprint density at radius 2 is 2.00 bits per heavy atom. The zero-order valence-corrected chi connectivity index (χ0v) is 10.4. The zero-order chi connectivity index (χ0) is 13.2. The van der Waals surface area contributed by atoms with Crippen LogP contribution in [-0.2, 0) is 11.8 Å². The molecule has 1 heterocycles. The summed E-state index contributed by atoms with van der Waals surface area (Å²) in [5.74, 6) is -1.36. The molecular weight excluding hydrogens is 222 g/mol. The maximum atomic E-state index is 11.9. The van der Waals surface area contributed by atoms with Crippen molar-refractivity contribution in [2.24, 2.45) is 7.05 Å². The molecule has 6 heteroatoms. The number of nitrogens with zero attached hydrogens (tertiary/aromatic N) is 2. The topological polar surface area (TPSA) is 84.2 Å². The van der Waals surface area contributed by atoms with Crippen LogP contribution in [0, 0.1) is 0 Å². The first-order valence-electron chi connectivity index (χ1n) is 5.40. The molecule has 1 amide bonds. The Morgan fingerprint density at radius 3 is 2.47 bits per heavy atom. The van der Waals surface area contributed by atoms with E-state index in [2.05, 4.69) is 10.4 Å². The van der Waals surface area contributed by atoms with Gasteiger partial charge in [-0.25, -0.2) is 0 Å². The summed E-state index contributed by atoms with van der Waals surface area (Å²) >= 11 is 0. The number of carbonyl (C=O) groups excluding carboxylic acids is 1. The first kappa shape index (κ1) is 13.2. The molecule has 2 N–H and O–H groups in total. The van der Waals surface area contributed by atoms with E-state index in [4.69, 9.17) is 5.11 Å². The van der Waals surface area contributed by atoms with E-state index < -0.39 is 17.9 Å². The summed E-state index contributed by atoms with van der Waals surface area (Å²) in [5.41, 5.74) is 1.10. The van der Waals surface area contributed by atoms with E-state index in [0.29, 0.717) is 11.3 Å². The number of carboxylic acids is 1. The SMILES string of the molecule is CC(C)c1nn(C)cc1C(=O)N[C@@H](C)C(=O)O. The first-order chi connectivity index (χ1) is 7.82. The number of aliphatic carboxylic acids is 1. The van der Waals surface area contributed by atoms with Gasteiger partial charge >= 0.3 is 5.97 Å². The standard InChI is InChI=1S/C11H17N3O3/c1-6(2)9-8(5-14(4)13-9)10(15)12-7(3)11(16)17/h5-7H,1-4H3,(H,12,15)(H,16,17)/t7-/m0/s1. The molecule has 0 unspecified atom stereocenters. The number of carboxylic acid groups (broad SMARTS) is 1. The highest BCUT2D eigenvalue weighted by atomic mass is 16.4. The Labute approximate surface area is 99.6 Å². The lowest BCUT2D eigenvalue weighted by molar-refractivity contribution is -0.138. The fourth-order valence-corrected chi connectivity index (χ4v) is 1.44. The number of hydrogen-bond acceptors (Lipinski definition) is 3. The number of carbonyl (C=O) groups is 2. The zero-order valence-electron chi connectivity index (χ0n) is 10.4. The van der Waals surface area contributed by atoms with Gasteiger partial charge in [-0.3, -0.25) is 14.3 Å². The van der Waals surface area contributed by atoms with Crippen LogP contribution in [0.3, 0.4) is 0 Å². The lowest BCUT2D eigenvalue weighted by Crippen LogP contribution is -2.38. The summed E-state index contributed by atoms with van der Waals surface area (Å²) in [4.78, 5) is 22.5. The summed E-state index contributed by atoms with van der Waals surface area (Å²) in [6, 6.07) is -0.914. The molecule has 0 bridgehead atoms. The second-order valence-electron chi connectivity index (χ2n) is 4.29. The van der Waals surface area contributed by atoms with Crippen LogP contribution in [0.2, 0.25) is 0 Å². The first-order valence-corrected chi connectivity index (χ1v) is 5.40. The van der Waals surface area contributed by atoms with E-state index in [1.807, 2.05) is 13.8 Å². The van der Waals surface area contributed by atoms with Crippen LogP contribution in [-0.4, -0.2) is 32.8 Å². The van der Waals surface area contributed by atoms with Crippen LogP contribution in [0.1, 0.15) is 42.7 Å². The number of rotatable bonds is 4. The van der Waals surface area contributed by atoms with Gasteiger partial charge in [0.05, 0.1) is 11.3 Å². The largest absolute Gasteiger partial charge is 0.480 e. The van der Waals surface area contributed by atoms with E-state index in [-0.39, 0.29) is 5.92 Å².